The highest BCUT2D eigenvalue weighted by Gasteiger charge is 2.36. The molecule has 1 saturated heterocycles. The smallest absolute Gasteiger partial charge is 0.219 e. The van der Waals surface area contributed by atoms with Gasteiger partial charge in [0, 0.05) is 73.5 Å². The highest BCUT2D eigenvalue weighted by molar-refractivity contribution is 14.0. The summed E-state index contributed by atoms with van der Waals surface area (Å²) in [6.45, 7) is 8.86. The molecule has 7 nitrogen and oxygen atoms in total. The van der Waals surface area contributed by atoms with Crippen LogP contribution in [-0.4, -0.2) is 88.2 Å². The number of nitrogens with zero attached hydrogens (tertiary/aromatic N) is 3. The first-order valence-corrected chi connectivity index (χ1v) is 9.50. The Kier molecular flexibility index (Phi) is 10.8. The molecule has 2 fully saturated rings. The van der Waals surface area contributed by atoms with Crippen molar-refractivity contribution in [1.29, 1.82) is 0 Å². The molecule has 2 aliphatic rings. The van der Waals surface area contributed by atoms with E-state index in [-0.39, 0.29) is 29.9 Å². The van der Waals surface area contributed by atoms with Gasteiger partial charge in [0.25, 0.3) is 0 Å². The molecule has 1 aliphatic heterocycles. The van der Waals surface area contributed by atoms with Crippen LogP contribution in [-0.2, 0) is 9.53 Å². The Morgan fingerprint density at radius 2 is 1.88 bits per heavy atom. The van der Waals surface area contributed by atoms with Gasteiger partial charge in [-0.15, -0.1) is 24.0 Å². The molecule has 26 heavy (non-hydrogen) atoms. The lowest BCUT2D eigenvalue weighted by Crippen LogP contribution is -2.51. The van der Waals surface area contributed by atoms with E-state index in [1.807, 2.05) is 11.9 Å². The van der Waals surface area contributed by atoms with Gasteiger partial charge in [-0.05, 0) is 24.7 Å². The first-order valence-electron chi connectivity index (χ1n) is 9.50. The highest BCUT2D eigenvalue weighted by atomic mass is 127. The molecule has 152 valence electrons. The molecule has 1 saturated carbocycles. The van der Waals surface area contributed by atoms with Crippen LogP contribution in [0.25, 0.3) is 0 Å². The van der Waals surface area contributed by atoms with Gasteiger partial charge in [-0.2, -0.15) is 0 Å². The van der Waals surface area contributed by atoms with Crippen molar-refractivity contribution in [2.75, 3.05) is 66.6 Å². The van der Waals surface area contributed by atoms with Gasteiger partial charge in [0.2, 0.25) is 5.91 Å². The normalized spacial score (nSPS) is 20.1. The molecule has 0 bridgehead atoms. The van der Waals surface area contributed by atoms with Gasteiger partial charge in [-0.25, -0.2) is 0 Å². The van der Waals surface area contributed by atoms with Crippen molar-refractivity contribution in [3.8, 4) is 0 Å². The number of carbonyl (C=O) groups is 1. The Balaban J connectivity index is 0.00000338. The number of nitrogens with one attached hydrogen (secondary N) is 2. The molecule has 0 aromatic heterocycles. The van der Waals surface area contributed by atoms with E-state index >= 15 is 0 Å². The Bertz CT molecular complexity index is 449. The van der Waals surface area contributed by atoms with Crippen LogP contribution in [0.3, 0.4) is 0 Å². The summed E-state index contributed by atoms with van der Waals surface area (Å²) in [5, 5.41) is 6.91. The molecule has 0 atom stereocenters. The van der Waals surface area contributed by atoms with Crippen molar-refractivity contribution < 1.29 is 9.53 Å². The molecule has 2 N–H and O–H groups in total. The molecule has 8 heteroatoms. The molecule has 1 aliphatic carbocycles. The van der Waals surface area contributed by atoms with Gasteiger partial charge < -0.3 is 20.3 Å². The summed E-state index contributed by atoms with van der Waals surface area (Å²) in [7, 11) is 3.60. The van der Waals surface area contributed by atoms with E-state index in [1.165, 1.54) is 19.3 Å². The van der Waals surface area contributed by atoms with Crippen LogP contribution < -0.4 is 10.6 Å². The number of methoxy groups -OCH3 is 1. The van der Waals surface area contributed by atoms with Crippen LogP contribution in [0.1, 0.15) is 32.6 Å². The predicted molar refractivity (Wildman–Crippen MR) is 116 cm³/mol. The molecule has 0 unspecified atom stereocenters. The maximum absolute atomic E-state index is 11.4. The molecular weight excluding hydrogens is 445 g/mol. The molecule has 0 radical (unpaired) electrons. The largest absolute Gasteiger partial charge is 0.385 e. The maximum Gasteiger partial charge on any atom is 0.219 e. The Morgan fingerprint density at radius 3 is 2.38 bits per heavy atom. The van der Waals surface area contributed by atoms with Gasteiger partial charge >= 0.3 is 0 Å². The van der Waals surface area contributed by atoms with E-state index in [2.05, 4.69) is 20.5 Å². The average molecular weight is 481 g/mol. The second kappa shape index (κ2) is 12.0. The lowest BCUT2D eigenvalue weighted by Gasteiger charge is -2.42. The van der Waals surface area contributed by atoms with Crippen LogP contribution in [0.4, 0.5) is 0 Å². The van der Waals surface area contributed by atoms with Crippen LogP contribution in [0.5, 0.6) is 0 Å². The van der Waals surface area contributed by atoms with Gasteiger partial charge in [0.15, 0.2) is 5.96 Å². The molecule has 0 aromatic carbocycles. The van der Waals surface area contributed by atoms with Crippen molar-refractivity contribution in [1.82, 2.24) is 20.4 Å². The fraction of sp³-hybridized carbons (Fsp3) is 0.889. The minimum atomic E-state index is 0. The predicted octanol–water partition coefficient (Wildman–Crippen LogP) is 1.14. The standard InChI is InChI=1S/C18H35N5O2.HI/c1-16(24)23-12-10-22(11-13-23)9-8-20-17(19-2)21-15-18(5-4-6-18)7-14-25-3;/h4-15H2,1-3H3,(H2,19,20,21);1H. The summed E-state index contributed by atoms with van der Waals surface area (Å²) in [6, 6.07) is 0. The quantitative estimate of drug-likeness (QED) is 0.309. The third-order valence-corrected chi connectivity index (χ3v) is 5.64. The summed E-state index contributed by atoms with van der Waals surface area (Å²) < 4.78 is 5.26. The third-order valence-electron chi connectivity index (χ3n) is 5.64. The van der Waals surface area contributed by atoms with E-state index < -0.39 is 0 Å². The third kappa shape index (κ3) is 7.19. The zero-order valence-electron chi connectivity index (χ0n) is 16.6. The SMILES string of the molecule is CN=C(NCCN1CCN(C(C)=O)CC1)NCC1(CCOC)CCC1.I. The van der Waals surface area contributed by atoms with E-state index in [4.69, 9.17) is 4.74 Å². The molecule has 1 amide bonds. The number of carbonyl (C=O) groups excluding carboxylic acids is 1. The van der Waals surface area contributed by atoms with Crippen molar-refractivity contribution >= 4 is 35.8 Å². The lowest BCUT2D eigenvalue weighted by molar-refractivity contribution is -0.130. The minimum absolute atomic E-state index is 0. The van der Waals surface area contributed by atoms with Gasteiger partial charge in [-0.3, -0.25) is 14.7 Å². The fourth-order valence-corrected chi connectivity index (χ4v) is 3.62. The summed E-state index contributed by atoms with van der Waals surface area (Å²) in [6.07, 6.45) is 5.00. The van der Waals surface area contributed by atoms with Crippen LogP contribution in [0.2, 0.25) is 0 Å². The van der Waals surface area contributed by atoms with E-state index in [0.29, 0.717) is 5.41 Å². The number of amides is 1. The minimum Gasteiger partial charge on any atom is -0.385 e. The van der Waals surface area contributed by atoms with Crippen molar-refractivity contribution in [2.45, 2.75) is 32.6 Å². The van der Waals surface area contributed by atoms with Crippen LogP contribution in [0.15, 0.2) is 4.99 Å². The topological polar surface area (TPSA) is 69.2 Å². The number of halogens is 1. The number of hydrogen-bond donors (Lipinski definition) is 2. The Hall–Kier alpha value is -0.610. The molecule has 2 rings (SSSR count). The van der Waals surface area contributed by atoms with Crippen molar-refractivity contribution in [3.63, 3.8) is 0 Å². The van der Waals surface area contributed by atoms with E-state index in [0.717, 1.165) is 64.8 Å². The highest BCUT2D eigenvalue weighted by Crippen LogP contribution is 2.43. The summed E-state index contributed by atoms with van der Waals surface area (Å²) in [4.78, 5) is 20.0. The fourth-order valence-electron chi connectivity index (χ4n) is 3.62. The van der Waals surface area contributed by atoms with Crippen molar-refractivity contribution in [3.05, 3.63) is 0 Å². The lowest BCUT2D eigenvalue weighted by atomic mass is 9.67. The van der Waals surface area contributed by atoms with E-state index in [9.17, 15) is 4.79 Å². The van der Waals surface area contributed by atoms with Crippen LogP contribution in [0, 0.1) is 5.41 Å². The number of piperazine rings is 1. The zero-order chi connectivity index (χ0) is 18.1. The number of guanidine groups is 1. The molecule has 1 heterocycles. The van der Waals surface area contributed by atoms with Gasteiger partial charge in [0.05, 0.1) is 0 Å². The van der Waals surface area contributed by atoms with Gasteiger partial charge in [-0.1, -0.05) is 6.42 Å². The summed E-state index contributed by atoms with van der Waals surface area (Å²) >= 11 is 0. The van der Waals surface area contributed by atoms with E-state index in [1.54, 1.807) is 14.0 Å². The molecule has 0 spiro atoms. The average Bonchev–Trinajstić information content (AvgIpc) is 2.59. The Morgan fingerprint density at radius 1 is 1.19 bits per heavy atom. The first-order chi connectivity index (χ1) is 12.1. The second-order valence-electron chi connectivity index (χ2n) is 7.30. The van der Waals surface area contributed by atoms with Crippen LogP contribution >= 0.6 is 24.0 Å². The number of rotatable bonds is 8. The monoisotopic (exact) mass is 481 g/mol. The number of hydrogen-bond acceptors (Lipinski definition) is 4. The Labute approximate surface area is 175 Å². The number of aliphatic imine (C=N–C) groups is 1. The summed E-state index contributed by atoms with van der Waals surface area (Å²) in [5.74, 6) is 1.06. The molecule has 0 aromatic rings. The number of ether oxygens (including phenoxy) is 1. The zero-order valence-corrected chi connectivity index (χ0v) is 18.9. The van der Waals surface area contributed by atoms with Gasteiger partial charge in [0.1, 0.15) is 0 Å². The first kappa shape index (κ1) is 23.4. The van der Waals surface area contributed by atoms with Crippen molar-refractivity contribution in [2.24, 2.45) is 10.4 Å². The second-order valence-corrected chi connectivity index (χ2v) is 7.30. The molecular formula is C18H36IN5O2. The summed E-state index contributed by atoms with van der Waals surface area (Å²) in [5.41, 5.74) is 0.386. The maximum atomic E-state index is 11.4.